The summed E-state index contributed by atoms with van der Waals surface area (Å²) in [5.74, 6) is 0. The Kier molecular flexibility index (Phi) is 2.67. The summed E-state index contributed by atoms with van der Waals surface area (Å²) in [6, 6.07) is 0. The van der Waals surface area contributed by atoms with Crippen molar-refractivity contribution in [2.45, 2.75) is 6.92 Å². The van der Waals surface area contributed by atoms with Crippen LogP contribution in [-0.4, -0.2) is 6.54 Å². The predicted molar refractivity (Wildman–Crippen MR) is 23.9 cm³/mol. The Morgan fingerprint density at radius 2 is 2.50 bits per heavy atom. The summed E-state index contributed by atoms with van der Waals surface area (Å²) in [7, 11) is 0. The van der Waals surface area contributed by atoms with E-state index in [0.717, 1.165) is 0 Å². The van der Waals surface area contributed by atoms with Crippen LogP contribution in [0.25, 0.3) is 0 Å². The van der Waals surface area contributed by atoms with Gasteiger partial charge in [-0.05, 0) is 12.5 Å². The first-order chi connectivity index (χ1) is 2.81. The minimum atomic E-state index is 0.316. The Balaban J connectivity index is 3.22. The second-order valence-corrected chi connectivity index (χ2v) is 1.16. The van der Waals surface area contributed by atoms with Crippen LogP contribution in [0.1, 0.15) is 6.92 Å². The second-order valence-electron chi connectivity index (χ2n) is 1.16. The number of hydrogen-bond donors (Lipinski definition) is 1. The molecule has 0 unspecified atom stereocenters. The Hall–Kier alpha value is -0.370. The van der Waals surface area contributed by atoms with Crippen molar-refractivity contribution in [2.75, 3.05) is 6.54 Å². The van der Waals surface area contributed by atoms with Gasteiger partial charge >= 0.3 is 0 Å². The van der Waals surface area contributed by atoms with Crippen LogP contribution in [0.5, 0.6) is 0 Å². The SMILES string of the molecule is C/C(=C/F)CN. The van der Waals surface area contributed by atoms with Gasteiger partial charge in [-0.15, -0.1) is 0 Å². The molecule has 0 bridgehead atoms. The van der Waals surface area contributed by atoms with E-state index in [2.05, 4.69) is 0 Å². The molecule has 0 rings (SSSR count). The number of rotatable bonds is 1. The maximum absolute atomic E-state index is 11.1. The van der Waals surface area contributed by atoms with Gasteiger partial charge in [-0.3, -0.25) is 0 Å². The Morgan fingerprint density at radius 1 is 2.00 bits per heavy atom. The van der Waals surface area contributed by atoms with Gasteiger partial charge in [0.1, 0.15) is 0 Å². The molecule has 2 N–H and O–H groups in total. The van der Waals surface area contributed by atoms with Gasteiger partial charge in [0.15, 0.2) is 0 Å². The van der Waals surface area contributed by atoms with Crippen molar-refractivity contribution >= 4 is 0 Å². The van der Waals surface area contributed by atoms with Crippen LogP contribution >= 0.6 is 0 Å². The molecule has 0 amide bonds. The van der Waals surface area contributed by atoms with E-state index >= 15 is 0 Å². The summed E-state index contributed by atoms with van der Waals surface area (Å²) >= 11 is 0. The molecule has 0 radical (unpaired) electrons. The molecule has 0 aliphatic rings. The maximum Gasteiger partial charge on any atom is 0.0868 e. The van der Waals surface area contributed by atoms with Crippen LogP contribution in [0.15, 0.2) is 11.9 Å². The minimum absolute atomic E-state index is 0.316. The first-order valence-electron chi connectivity index (χ1n) is 1.77. The molecular weight excluding hydrogens is 81.0 g/mol. The summed E-state index contributed by atoms with van der Waals surface area (Å²) in [5.41, 5.74) is 5.55. The van der Waals surface area contributed by atoms with E-state index in [-0.39, 0.29) is 0 Å². The van der Waals surface area contributed by atoms with Gasteiger partial charge in [-0.25, -0.2) is 4.39 Å². The number of nitrogens with two attached hydrogens (primary N) is 1. The van der Waals surface area contributed by atoms with E-state index < -0.39 is 0 Å². The third kappa shape index (κ3) is 1.91. The van der Waals surface area contributed by atoms with E-state index in [1.165, 1.54) is 0 Å². The maximum atomic E-state index is 11.1. The van der Waals surface area contributed by atoms with Crippen molar-refractivity contribution in [3.8, 4) is 0 Å². The molecule has 0 aromatic heterocycles. The van der Waals surface area contributed by atoms with E-state index in [0.29, 0.717) is 18.4 Å². The van der Waals surface area contributed by atoms with E-state index in [4.69, 9.17) is 5.73 Å². The molecule has 1 nitrogen and oxygen atoms in total. The molecule has 6 heavy (non-hydrogen) atoms. The van der Waals surface area contributed by atoms with Crippen LogP contribution in [0.3, 0.4) is 0 Å². The smallest absolute Gasteiger partial charge is 0.0868 e. The summed E-state index contributed by atoms with van der Waals surface area (Å²) in [4.78, 5) is 0. The van der Waals surface area contributed by atoms with Crippen molar-refractivity contribution < 1.29 is 4.39 Å². The molecule has 36 valence electrons. The molecule has 0 saturated heterocycles. The third-order valence-electron chi connectivity index (χ3n) is 0.508. The molecule has 0 aromatic rings. The zero-order chi connectivity index (χ0) is 4.99. The van der Waals surface area contributed by atoms with Crippen LogP contribution in [-0.2, 0) is 0 Å². The molecule has 0 spiro atoms. The number of halogens is 1. The van der Waals surface area contributed by atoms with Crippen LogP contribution in [0.4, 0.5) is 4.39 Å². The van der Waals surface area contributed by atoms with Gasteiger partial charge in [0.25, 0.3) is 0 Å². The molecular formula is C4H8FN. The van der Waals surface area contributed by atoms with Crippen LogP contribution in [0, 0.1) is 0 Å². The van der Waals surface area contributed by atoms with Gasteiger partial charge in [-0.1, -0.05) is 0 Å². The highest BCUT2D eigenvalue weighted by molar-refractivity contribution is 4.92. The van der Waals surface area contributed by atoms with Gasteiger partial charge in [-0.2, -0.15) is 0 Å². The topological polar surface area (TPSA) is 26.0 Å². The molecule has 0 aromatic carbocycles. The van der Waals surface area contributed by atoms with Gasteiger partial charge in [0, 0.05) is 6.54 Å². The normalized spacial score (nSPS) is 12.2. The standard InChI is InChI=1S/C4H8FN/c1-4(2-5)3-6/h2H,3,6H2,1H3/b4-2-. The van der Waals surface area contributed by atoms with E-state index in [1.54, 1.807) is 6.92 Å². The summed E-state index contributed by atoms with van der Waals surface area (Å²) in [6.07, 6.45) is 0.514. The molecule has 0 fully saturated rings. The fraction of sp³-hybridized carbons (Fsp3) is 0.500. The highest BCUT2D eigenvalue weighted by Crippen LogP contribution is 1.84. The van der Waals surface area contributed by atoms with Crippen molar-refractivity contribution in [2.24, 2.45) is 5.73 Å². The van der Waals surface area contributed by atoms with Gasteiger partial charge in [0.2, 0.25) is 0 Å². The monoisotopic (exact) mass is 89.1 g/mol. The largest absolute Gasteiger partial charge is 0.327 e. The molecule has 0 aliphatic heterocycles. The fourth-order valence-corrected chi connectivity index (χ4v) is 0.0445. The first-order valence-corrected chi connectivity index (χ1v) is 1.77. The molecule has 2 heteroatoms. The molecule has 0 aliphatic carbocycles. The molecule has 0 atom stereocenters. The first kappa shape index (κ1) is 5.63. The second kappa shape index (κ2) is 2.85. The lowest BCUT2D eigenvalue weighted by Crippen LogP contribution is -1.98. The average Bonchev–Trinajstić information content (AvgIpc) is 1.65. The van der Waals surface area contributed by atoms with Crippen molar-refractivity contribution in [1.29, 1.82) is 0 Å². The van der Waals surface area contributed by atoms with E-state index in [9.17, 15) is 4.39 Å². The van der Waals surface area contributed by atoms with E-state index in [1.807, 2.05) is 0 Å². The lowest BCUT2D eigenvalue weighted by atomic mass is 10.4. The summed E-state index contributed by atoms with van der Waals surface area (Å²) in [6.45, 7) is 1.95. The lowest BCUT2D eigenvalue weighted by Gasteiger charge is -1.83. The minimum Gasteiger partial charge on any atom is -0.327 e. The highest BCUT2D eigenvalue weighted by Gasteiger charge is 1.76. The zero-order valence-electron chi connectivity index (χ0n) is 3.74. The lowest BCUT2D eigenvalue weighted by molar-refractivity contribution is 0.705. The summed E-state index contributed by atoms with van der Waals surface area (Å²) < 4.78 is 11.1. The average molecular weight is 89.1 g/mol. The van der Waals surface area contributed by atoms with Crippen molar-refractivity contribution in [3.05, 3.63) is 11.9 Å². The Morgan fingerprint density at radius 3 is 2.50 bits per heavy atom. The fourth-order valence-electron chi connectivity index (χ4n) is 0.0445. The van der Waals surface area contributed by atoms with Crippen LogP contribution < -0.4 is 5.73 Å². The molecule has 0 heterocycles. The van der Waals surface area contributed by atoms with Gasteiger partial charge in [0.05, 0.1) is 6.33 Å². The Labute approximate surface area is 36.6 Å². The Bertz CT molecular complexity index is 58.6. The van der Waals surface area contributed by atoms with Crippen LogP contribution in [0.2, 0.25) is 0 Å². The van der Waals surface area contributed by atoms with Crippen molar-refractivity contribution in [3.63, 3.8) is 0 Å². The summed E-state index contributed by atoms with van der Waals surface area (Å²) in [5, 5.41) is 0. The zero-order valence-corrected chi connectivity index (χ0v) is 3.74. The number of hydrogen-bond acceptors (Lipinski definition) is 1. The molecule has 0 saturated carbocycles. The van der Waals surface area contributed by atoms with Gasteiger partial charge < -0.3 is 5.73 Å². The highest BCUT2D eigenvalue weighted by atomic mass is 19.1. The predicted octanol–water partition coefficient (Wildman–Crippen LogP) is 0.818. The third-order valence-corrected chi connectivity index (χ3v) is 0.508. The quantitative estimate of drug-likeness (QED) is 0.505. The van der Waals surface area contributed by atoms with Crippen molar-refractivity contribution in [1.82, 2.24) is 0 Å².